The van der Waals surface area contributed by atoms with Crippen molar-refractivity contribution in [3.05, 3.63) is 52.3 Å². The summed E-state index contributed by atoms with van der Waals surface area (Å²) in [6, 6.07) is 9.40. The molecule has 0 aliphatic rings. The second kappa shape index (κ2) is 5.40. The highest BCUT2D eigenvalue weighted by Gasteiger charge is 2.10. The molecule has 0 fully saturated rings. The molecule has 1 heterocycles. The zero-order valence-corrected chi connectivity index (χ0v) is 11.9. The maximum Gasteiger partial charge on any atom is 0.216 e. The van der Waals surface area contributed by atoms with Gasteiger partial charge in [-0.05, 0) is 52.7 Å². The van der Waals surface area contributed by atoms with Crippen molar-refractivity contribution in [2.45, 2.75) is 6.92 Å². The summed E-state index contributed by atoms with van der Waals surface area (Å²) in [5, 5.41) is 0. The first kappa shape index (κ1) is 12.9. The summed E-state index contributed by atoms with van der Waals surface area (Å²) >= 11 is 3.42. The van der Waals surface area contributed by atoms with Crippen LogP contribution in [0, 0.1) is 6.92 Å². The molecule has 0 amide bonds. The first-order valence-electron chi connectivity index (χ1n) is 5.61. The Morgan fingerprint density at radius 3 is 2.78 bits per heavy atom. The van der Waals surface area contributed by atoms with Crippen LogP contribution in [-0.4, -0.2) is 17.0 Å². The third-order valence-corrected chi connectivity index (χ3v) is 3.30. The minimum absolute atomic E-state index is 0.0324. The van der Waals surface area contributed by atoms with Crippen molar-refractivity contribution >= 4 is 21.7 Å². The molecule has 4 heteroatoms. The van der Waals surface area contributed by atoms with E-state index in [0.717, 1.165) is 10.0 Å². The molecule has 0 unspecified atom stereocenters. The Kier molecular flexibility index (Phi) is 3.87. The van der Waals surface area contributed by atoms with E-state index in [-0.39, 0.29) is 12.4 Å². The Hall–Kier alpha value is -1.55. The van der Waals surface area contributed by atoms with E-state index in [2.05, 4.69) is 15.9 Å². The molecule has 94 valence electrons. The predicted octanol–water partition coefficient (Wildman–Crippen LogP) is 3.36. The van der Waals surface area contributed by atoms with Gasteiger partial charge in [0.05, 0.1) is 10.2 Å². The number of rotatable bonds is 4. The molecule has 0 atom stereocenters. The topological polar surface area (TPSA) is 31.2 Å². The van der Waals surface area contributed by atoms with E-state index in [9.17, 15) is 4.79 Å². The Labute approximate surface area is 115 Å². The van der Waals surface area contributed by atoms with Crippen molar-refractivity contribution < 1.29 is 9.53 Å². The highest BCUT2D eigenvalue weighted by atomic mass is 79.9. The van der Waals surface area contributed by atoms with Gasteiger partial charge >= 0.3 is 0 Å². The van der Waals surface area contributed by atoms with Gasteiger partial charge in [0.1, 0.15) is 5.75 Å². The lowest BCUT2D eigenvalue weighted by Crippen LogP contribution is -2.14. The second-order valence-corrected chi connectivity index (χ2v) is 5.00. The fourth-order valence-electron chi connectivity index (χ4n) is 1.69. The lowest BCUT2D eigenvalue weighted by atomic mass is 10.2. The number of carbonyl (C=O) groups excluding carboxylic acids is 1. The van der Waals surface area contributed by atoms with Crippen molar-refractivity contribution in [3.63, 3.8) is 0 Å². The van der Waals surface area contributed by atoms with E-state index in [1.165, 1.54) is 0 Å². The van der Waals surface area contributed by atoms with Gasteiger partial charge in [0.25, 0.3) is 0 Å². The Balaban J connectivity index is 2.04. The highest BCUT2D eigenvalue weighted by molar-refractivity contribution is 9.10. The number of carbonyl (C=O) groups is 1. The number of benzene rings is 1. The van der Waals surface area contributed by atoms with Gasteiger partial charge in [-0.1, -0.05) is 6.07 Å². The van der Waals surface area contributed by atoms with Crippen LogP contribution in [0.3, 0.4) is 0 Å². The number of hydrogen-bond donors (Lipinski definition) is 0. The van der Waals surface area contributed by atoms with E-state index < -0.39 is 0 Å². The molecular weight excluding hydrogens is 294 g/mol. The first-order valence-corrected chi connectivity index (χ1v) is 6.40. The van der Waals surface area contributed by atoms with Crippen LogP contribution in [0.5, 0.6) is 5.75 Å². The maximum absolute atomic E-state index is 11.9. The lowest BCUT2D eigenvalue weighted by molar-refractivity contribution is 0.0913. The van der Waals surface area contributed by atoms with E-state index in [1.807, 2.05) is 44.4 Å². The molecule has 0 bridgehead atoms. The molecule has 0 aliphatic carbocycles. The third kappa shape index (κ3) is 2.82. The smallest absolute Gasteiger partial charge is 0.216 e. The number of Topliss-reactive ketones (excluding diaryl/α,β-unsaturated/α-hetero) is 1. The fourth-order valence-corrected chi connectivity index (χ4v) is 2.30. The molecule has 0 spiro atoms. The number of aryl methyl sites for hydroxylation is 2. The van der Waals surface area contributed by atoms with Crippen LogP contribution in [-0.2, 0) is 7.05 Å². The molecule has 2 rings (SSSR count). The SMILES string of the molecule is Cc1ccc(OCC(=O)c2cccn2C)c(Br)c1. The molecule has 18 heavy (non-hydrogen) atoms. The van der Waals surface area contributed by atoms with Crippen molar-refractivity contribution in [1.82, 2.24) is 4.57 Å². The molecule has 0 N–H and O–H groups in total. The van der Waals surface area contributed by atoms with Crippen LogP contribution in [0.25, 0.3) is 0 Å². The fraction of sp³-hybridized carbons (Fsp3) is 0.214. The summed E-state index contributed by atoms with van der Waals surface area (Å²) in [7, 11) is 1.84. The highest BCUT2D eigenvalue weighted by Crippen LogP contribution is 2.25. The standard InChI is InChI=1S/C14H14BrNO2/c1-10-5-6-14(11(15)8-10)18-9-13(17)12-4-3-7-16(12)2/h3-8H,9H2,1-2H3. The predicted molar refractivity (Wildman–Crippen MR) is 74.1 cm³/mol. The first-order chi connectivity index (χ1) is 8.58. The van der Waals surface area contributed by atoms with Gasteiger partial charge in [-0.25, -0.2) is 0 Å². The summed E-state index contributed by atoms with van der Waals surface area (Å²) in [4.78, 5) is 11.9. The zero-order valence-electron chi connectivity index (χ0n) is 10.3. The Bertz CT molecular complexity index is 575. The molecule has 2 aromatic rings. The molecule has 1 aromatic heterocycles. The normalized spacial score (nSPS) is 10.4. The van der Waals surface area contributed by atoms with E-state index in [0.29, 0.717) is 11.4 Å². The number of aromatic nitrogens is 1. The van der Waals surface area contributed by atoms with Crippen molar-refractivity contribution in [1.29, 1.82) is 0 Å². The summed E-state index contributed by atoms with van der Waals surface area (Å²) in [5.41, 5.74) is 1.79. The van der Waals surface area contributed by atoms with Crippen molar-refractivity contribution in [2.75, 3.05) is 6.61 Å². The third-order valence-electron chi connectivity index (χ3n) is 2.68. The van der Waals surface area contributed by atoms with Crippen LogP contribution in [0.15, 0.2) is 41.0 Å². The quantitative estimate of drug-likeness (QED) is 0.811. The number of nitrogens with zero attached hydrogens (tertiary/aromatic N) is 1. The van der Waals surface area contributed by atoms with Gasteiger partial charge in [0.15, 0.2) is 6.61 Å². The Morgan fingerprint density at radius 1 is 1.39 bits per heavy atom. The average Bonchev–Trinajstić information content (AvgIpc) is 2.74. The molecular formula is C14H14BrNO2. The Morgan fingerprint density at radius 2 is 2.17 bits per heavy atom. The van der Waals surface area contributed by atoms with Crippen LogP contribution in [0.4, 0.5) is 0 Å². The minimum atomic E-state index is -0.0324. The van der Waals surface area contributed by atoms with Gasteiger partial charge in [-0.2, -0.15) is 0 Å². The van der Waals surface area contributed by atoms with Gasteiger partial charge in [-0.15, -0.1) is 0 Å². The molecule has 1 aromatic carbocycles. The lowest BCUT2D eigenvalue weighted by Gasteiger charge is -2.08. The minimum Gasteiger partial charge on any atom is -0.484 e. The average molecular weight is 308 g/mol. The second-order valence-electron chi connectivity index (χ2n) is 4.15. The number of hydrogen-bond acceptors (Lipinski definition) is 2. The largest absolute Gasteiger partial charge is 0.484 e. The van der Waals surface area contributed by atoms with Crippen LogP contribution >= 0.6 is 15.9 Å². The molecule has 0 radical (unpaired) electrons. The zero-order chi connectivity index (χ0) is 13.1. The maximum atomic E-state index is 11.9. The van der Waals surface area contributed by atoms with Crippen LogP contribution < -0.4 is 4.74 Å². The summed E-state index contributed by atoms with van der Waals surface area (Å²) < 4.78 is 8.17. The van der Waals surface area contributed by atoms with Crippen LogP contribution in [0.1, 0.15) is 16.1 Å². The number of halogens is 1. The van der Waals surface area contributed by atoms with Gasteiger partial charge in [0.2, 0.25) is 5.78 Å². The summed E-state index contributed by atoms with van der Waals surface area (Å²) in [6.45, 7) is 2.04. The summed E-state index contributed by atoms with van der Waals surface area (Å²) in [5.74, 6) is 0.651. The van der Waals surface area contributed by atoms with Crippen molar-refractivity contribution in [3.8, 4) is 5.75 Å². The van der Waals surface area contributed by atoms with Gasteiger partial charge in [-0.3, -0.25) is 4.79 Å². The van der Waals surface area contributed by atoms with Gasteiger partial charge in [0, 0.05) is 13.2 Å². The summed E-state index contributed by atoms with van der Waals surface area (Å²) in [6.07, 6.45) is 1.84. The monoisotopic (exact) mass is 307 g/mol. The van der Waals surface area contributed by atoms with E-state index in [4.69, 9.17) is 4.74 Å². The number of ketones is 1. The van der Waals surface area contributed by atoms with Crippen molar-refractivity contribution in [2.24, 2.45) is 7.05 Å². The number of ether oxygens (including phenoxy) is 1. The molecule has 0 aliphatic heterocycles. The van der Waals surface area contributed by atoms with E-state index >= 15 is 0 Å². The van der Waals surface area contributed by atoms with Gasteiger partial charge < -0.3 is 9.30 Å². The van der Waals surface area contributed by atoms with E-state index in [1.54, 1.807) is 10.6 Å². The molecule has 3 nitrogen and oxygen atoms in total. The van der Waals surface area contributed by atoms with Crippen LogP contribution in [0.2, 0.25) is 0 Å². The molecule has 0 saturated carbocycles. The molecule has 0 saturated heterocycles.